The number of ether oxygens (including phenoxy) is 2. The van der Waals surface area contributed by atoms with Crippen molar-refractivity contribution in [3.05, 3.63) is 62.8 Å². The van der Waals surface area contributed by atoms with Crippen molar-refractivity contribution in [2.24, 2.45) is 5.16 Å². The summed E-state index contributed by atoms with van der Waals surface area (Å²) in [6, 6.07) is 0.263. The molecule has 1 spiro atoms. The van der Waals surface area contributed by atoms with Crippen LogP contribution in [0, 0.1) is 17.5 Å². The van der Waals surface area contributed by atoms with Gasteiger partial charge in [0.1, 0.15) is 23.0 Å². The Morgan fingerprint density at radius 2 is 1.98 bits per heavy atom. The summed E-state index contributed by atoms with van der Waals surface area (Å²) in [6.07, 6.45) is 4.04. The van der Waals surface area contributed by atoms with Crippen molar-refractivity contribution in [1.82, 2.24) is 14.8 Å². The van der Waals surface area contributed by atoms with Crippen molar-refractivity contribution in [1.29, 1.82) is 0 Å². The molecule has 4 heterocycles. The van der Waals surface area contributed by atoms with Gasteiger partial charge in [0.05, 0.1) is 26.2 Å². The summed E-state index contributed by atoms with van der Waals surface area (Å²) in [4.78, 5) is 48.4. The lowest BCUT2D eigenvalue weighted by Crippen LogP contribution is -2.52. The monoisotopic (exact) mass is 576 g/mol. The molecule has 10 nitrogen and oxygen atoms in total. The zero-order chi connectivity index (χ0) is 29.5. The first kappa shape index (κ1) is 28.5. The van der Waals surface area contributed by atoms with E-state index < -0.39 is 58.4 Å². The van der Waals surface area contributed by atoms with Gasteiger partial charge in [-0.25, -0.2) is 13.2 Å². The SMILES string of the molecule is CCCCOc1c2n(cc(C(=O)NCc3c(F)cc(F)cc3F)c1=O)[C@@H]1CN(C2=O)[C@@H](C)CC[C@]12CC(OC)=NO2. The quantitative estimate of drug-likeness (QED) is 0.504. The third-order valence-electron chi connectivity index (χ3n) is 8.02. The molecule has 1 aromatic carbocycles. The lowest BCUT2D eigenvalue weighted by atomic mass is 9.85. The first-order valence-corrected chi connectivity index (χ1v) is 13.5. The van der Waals surface area contributed by atoms with Gasteiger partial charge < -0.3 is 29.1 Å². The number of hydrogen-bond donors (Lipinski definition) is 1. The number of amides is 2. The third kappa shape index (κ3) is 5.02. The Morgan fingerprint density at radius 1 is 1.24 bits per heavy atom. The summed E-state index contributed by atoms with van der Waals surface area (Å²) in [5.74, 6) is -4.71. The molecular formula is C28H31F3N4O6. The van der Waals surface area contributed by atoms with Crippen LogP contribution < -0.4 is 15.5 Å². The maximum absolute atomic E-state index is 14.2. The van der Waals surface area contributed by atoms with Gasteiger partial charge in [0.2, 0.25) is 11.3 Å². The van der Waals surface area contributed by atoms with E-state index in [9.17, 15) is 27.6 Å². The molecule has 0 unspecified atom stereocenters. The summed E-state index contributed by atoms with van der Waals surface area (Å²) < 4.78 is 54.5. The molecule has 1 aromatic heterocycles. The Labute approximate surface area is 234 Å². The van der Waals surface area contributed by atoms with Crippen LogP contribution in [-0.2, 0) is 16.1 Å². The minimum Gasteiger partial charge on any atom is -0.487 e. The van der Waals surface area contributed by atoms with Crippen LogP contribution in [0.5, 0.6) is 5.75 Å². The van der Waals surface area contributed by atoms with Crippen LogP contribution >= 0.6 is 0 Å². The van der Waals surface area contributed by atoms with Crippen LogP contribution in [0.15, 0.2) is 28.3 Å². The number of hydrogen-bond acceptors (Lipinski definition) is 7. The normalized spacial score (nSPS) is 23.0. The number of fused-ring (bicyclic) bond motifs is 5. The highest BCUT2D eigenvalue weighted by molar-refractivity contribution is 5.99. The van der Waals surface area contributed by atoms with Gasteiger partial charge in [0.25, 0.3) is 11.8 Å². The van der Waals surface area contributed by atoms with E-state index in [1.807, 2.05) is 13.8 Å². The number of aromatic nitrogens is 1. The third-order valence-corrected chi connectivity index (χ3v) is 8.02. The van der Waals surface area contributed by atoms with E-state index in [0.29, 0.717) is 43.7 Å². The minimum absolute atomic E-state index is 0.00267. The maximum Gasteiger partial charge on any atom is 0.274 e. The predicted molar refractivity (Wildman–Crippen MR) is 140 cm³/mol. The largest absolute Gasteiger partial charge is 0.487 e. The number of benzene rings is 1. The number of rotatable bonds is 7. The second kappa shape index (κ2) is 11.1. The molecule has 41 heavy (non-hydrogen) atoms. The molecular weight excluding hydrogens is 545 g/mol. The van der Waals surface area contributed by atoms with E-state index in [1.165, 1.54) is 13.3 Å². The molecule has 3 aliphatic rings. The summed E-state index contributed by atoms with van der Waals surface area (Å²) >= 11 is 0. The number of nitrogens with zero attached hydrogens (tertiary/aromatic N) is 3. The smallest absolute Gasteiger partial charge is 0.274 e. The van der Waals surface area contributed by atoms with Crippen molar-refractivity contribution in [3.8, 4) is 5.75 Å². The molecule has 0 aliphatic carbocycles. The predicted octanol–water partition coefficient (Wildman–Crippen LogP) is 3.67. The standard InChI is InChI=1S/C28H31F3N4O6/c1-4-5-8-40-25-23-27(38)34-14-21(28(7-6-15(34)2)11-22(39-3)33-41-28)35(23)13-18(24(25)36)26(37)32-12-17-19(30)9-16(29)10-20(17)31/h9-10,13,15,21H,4-8,11-12,14H2,1-3H3,(H,32,37)/t15-,21+,28-/m0/s1. The van der Waals surface area contributed by atoms with Gasteiger partial charge in [0.15, 0.2) is 17.0 Å². The molecule has 3 aliphatic heterocycles. The maximum atomic E-state index is 14.2. The van der Waals surface area contributed by atoms with Crippen LogP contribution in [0.1, 0.15) is 78.4 Å². The van der Waals surface area contributed by atoms with Crippen molar-refractivity contribution >= 4 is 17.7 Å². The van der Waals surface area contributed by atoms with Gasteiger partial charge in [-0.3, -0.25) is 14.4 Å². The molecule has 0 saturated carbocycles. The van der Waals surface area contributed by atoms with Gasteiger partial charge in [-0.05, 0) is 26.2 Å². The zero-order valence-corrected chi connectivity index (χ0v) is 23.0. The molecule has 1 fully saturated rings. The lowest BCUT2D eigenvalue weighted by molar-refractivity contribution is -0.0656. The molecule has 1 N–H and O–H groups in total. The Hall–Kier alpha value is -4.03. The van der Waals surface area contributed by atoms with E-state index in [2.05, 4.69) is 10.5 Å². The van der Waals surface area contributed by atoms with Gasteiger partial charge in [-0.2, -0.15) is 0 Å². The van der Waals surface area contributed by atoms with Crippen molar-refractivity contribution in [3.63, 3.8) is 0 Å². The summed E-state index contributed by atoms with van der Waals surface area (Å²) in [5, 5.41) is 6.43. The van der Waals surface area contributed by atoms with E-state index >= 15 is 0 Å². The number of nitrogens with one attached hydrogen (secondary N) is 1. The van der Waals surface area contributed by atoms with E-state index in [1.54, 1.807) is 9.47 Å². The Bertz CT molecular complexity index is 1450. The molecule has 220 valence electrons. The molecule has 2 bridgehead atoms. The average Bonchev–Trinajstić information content (AvgIpc) is 3.31. The molecule has 13 heteroatoms. The second-order valence-electron chi connectivity index (χ2n) is 10.6. The number of carbonyl (C=O) groups excluding carboxylic acids is 2. The fourth-order valence-electron chi connectivity index (χ4n) is 5.64. The average molecular weight is 577 g/mol. The van der Waals surface area contributed by atoms with Crippen LogP contribution in [0.4, 0.5) is 13.2 Å². The molecule has 3 atom stereocenters. The van der Waals surface area contributed by atoms with Crippen LogP contribution in [0.25, 0.3) is 0 Å². The van der Waals surface area contributed by atoms with Crippen LogP contribution in [0.3, 0.4) is 0 Å². The van der Waals surface area contributed by atoms with E-state index in [-0.39, 0.29) is 36.2 Å². The highest BCUT2D eigenvalue weighted by atomic mass is 19.1. The van der Waals surface area contributed by atoms with Crippen LogP contribution in [-0.4, -0.2) is 59.1 Å². The zero-order valence-electron chi connectivity index (χ0n) is 23.0. The number of oxime groups is 1. The summed E-state index contributed by atoms with van der Waals surface area (Å²) in [5.41, 5.74) is -2.71. The highest BCUT2D eigenvalue weighted by Gasteiger charge is 2.54. The minimum atomic E-state index is -1.18. The molecule has 2 amide bonds. The first-order chi connectivity index (χ1) is 19.6. The van der Waals surface area contributed by atoms with Gasteiger partial charge >= 0.3 is 0 Å². The molecule has 5 rings (SSSR count). The summed E-state index contributed by atoms with van der Waals surface area (Å²) in [7, 11) is 1.48. The number of pyridine rings is 1. The van der Waals surface area contributed by atoms with Gasteiger partial charge in [0, 0.05) is 43.0 Å². The van der Waals surface area contributed by atoms with Crippen molar-refractivity contribution in [2.75, 3.05) is 20.3 Å². The second-order valence-corrected chi connectivity index (χ2v) is 10.6. The summed E-state index contributed by atoms with van der Waals surface area (Å²) in [6.45, 7) is 3.56. The fraction of sp³-hybridized carbons (Fsp3) is 0.500. The van der Waals surface area contributed by atoms with E-state index in [4.69, 9.17) is 14.3 Å². The molecule has 1 saturated heterocycles. The fourth-order valence-corrected chi connectivity index (χ4v) is 5.64. The Balaban J connectivity index is 1.60. The number of unbranched alkanes of at least 4 members (excludes halogenated alkanes) is 1. The van der Waals surface area contributed by atoms with Crippen molar-refractivity contribution < 1.29 is 37.1 Å². The number of carbonyl (C=O) groups is 2. The van der Waals surface area contributed by atoms with Gasteiger partial charge in [-0.15, -0.1) is 0 Å². The molecule has 2 aromatic rings. The van der Waals surface area contributed by atoms with E-state index in [0.717, 1.165) is 6.42 Å². The number of methoxy groups -OCH3 is 1. The highest BCUT2D eigenvalue weighted by Crippen LogP contribution is 2.46. The van der Waals surface area contributed by atoms with Crippen LogP contribution in [0.2, 0.25) is 0 Å². The van der Waals surface area contributed by atoms with Gasteiger partial charge in [-0.1, -0.05) is 18.5 Å². The number of halogens is 3. The van der Waals surface area contributed by atoms with Crippen molar-refractivity contribution in [2.45, 2.75) is 70.2 Å². The topological polar surface area (TPSA) is 111 Å². The lowest BCUT2D eigenvalue weighted by Gasteiger charge is -2.42. The first-order valence-electron chi connectivity index (χ1n) is 13.5. The Morgan fingerprint density at radius 3 is 2.63 bits per heavy atom. The Kier molecular flexibility index (Phi) is 7.71. The molecule has 0 radical (unpaired) electrons.